The van der Waals surface area contributed by atoms with Crippen LogP contribution in [-0.4, -0.2) is 9.97 Å². The zero-order valence-corrected chi connectivity index (χ0v) is 31.0. The summed E-state index contributed by atoms with van der Waals surface area (Å²) in [4.78, 5) is 10.3. The Bertz CT molecular complexity index is 3190. The minimum Gasteiger partial charge on any atom is -0.455 e. The van der Waals surface area contributed by atoms with E-state index < -0.39 is 0 Å². The zero-order chi connectivity index (χ0) is 37.0. The summed E-state index contributed by atoms with van der Waals surface area (Å²) in [5, 5.41) is 4.81. The van der Waals surface area contributed by atoms with E-state index in [1.165, 1.54) is 31.3 Å². The van der Waals surface area contributed by atoms with E-state index >= 15 is 0 Å². The largest absolute Gasteiger partial charge is 0.455 e. The highest BCUT2D eigenvalue weighted by atomic mass is 32.1. The molecule has 0 radical (unpaired) electrons. The summed E-state index contributed by atoms with van der Waals surface area (Å²) in [5.74, 6) is 0.687. The molecule has 0 fully saturated rings. The van der Waals surface area contributed by atoms with Crippen molar-refractivity contribution in [3.63, 3.8) is 0 Å². The highest BCUT2D eigenvalue weighted by Crippen LogP contribution is 2.43. The molecule has 11 rings (SSSR count). The van der Waals surface area contributed by atoms with Crippen LogP contribution >= 0.6 is 11.3 Å². The summed E-state index contributed by atoms with van der Waals surface area (Å²) < 4.78 is 9.21. The molecule has 3 aromatic heterocycles. The van der Waals surface area contributed by atoms with Gasteiger partial charge in [-0.1, -0.05) is 152 Å². The number of rotatable bonds is 6. The average molecular weight is 733 g/mol. The predicted octanol–water partition coefficient (Wildman–Crippen LogP) is 14.7. The Morgan fingerprint density at radius 2 is 0.929 bits per heavy atom. The lowest BCUT2D eigenvalue weighted by atomic mass is 9.92. The Morgan fingerprint density at radius 3 is 1.77 bits per heavy atom. The summed E-state index contributed by atoms with van der Waals surface area (Å²) in [5.41, 5.74) is 13.2. The van der Waals surface area contributed by atoms with Gasteiger partial charge in [0.2, 0.25) is 0 Å². The Kier molecular flexibility index (Phi) is 7.68. The minimum atomic E-state index is 0.687. The van der Waals surface area contributed by atoms with Gasteiger partial charge in [-0.3, -0.25) is 0 Å². The molecule has 0 aliphatic carbocycles. The smallest absolute Gasteiger partial charge is 0.160 e. The van der Waals surface area contributed by atoms with Crippen LogP contribution in [0.5, 0.6) is 0 Å². The van der Waals surface area contributed by atoms with E-state index in [4.69, 9.17) is 14.4 Å². The number of nitrogens with zero attached hydrogens (tertiary/aromatic N) is 2. The second-order valence-electron chi connectivity index (χ2n) is 14.1. The van der Waals surface area contributed by atoms with Gasteiger partial charge in [-0.15, -0.1) is 11.3 Å². The number of hydrogen-bond donors (Lipinski definition) is 0. The topological polar surface area (TPSA) is 38.9 Å². The van der Waals surface area contributed by atoms with Crippen molar-refractivity contribution in [3.8, 4) is 67.3 Å². The summed E-state index contributed by atoms with van der Waals surface area (Å²) in [6, 6.07) is 68.5. The van der Waals surface area contributed by atoms with Gasteiger partial charge < -0.3 is 4.42 Å². The Hall–Kier alpha value is -7.14. The van der Waals surface area contributed by atoms with Gasteiger partial charge in [-0.25, -0.2) is 9.97 Å². The summed E-state index contributed by atoms with van der Waals surface area (Å²) in [6.07, 6.45) is 0. The van der Waals surface area contributed by atoms with Crippen molar-refractivity contribution in [1.82, 2.24) is 9.97 Å². The second kappa shape index (κ2) is 13.3. The first-order valence-electron chi connectivity index (χ1n) is 18.8. The zero-order valence-electron chi connectivity index (χ0n) is 30.2. The van der Waals surface area contributed by atoms with Crippen molar-refractivity contribution in [3.05, 3.63) is 194 Å². The van der Waals surface area contributed by atoms with E-state index in [1.54, 1.807) is 0 Å². The fraction of sp³-hybridized carbons (Fsp3) is 0. The minimum absolute atomic E-state index is 0.687. The standard InChI is InChI=1S/C52H32N2OS/c1-3-14-33(15-4-1)46-32-47(54-52(53-46)34-16-5-2-6-17-34)39-30-37(29-38(31-39)40-22-12-24-44-42-20-7-9-26-48(42)55-50(40)44)35-18-11-19-36(28-35)41-23-13-25-45-43-21-8-10-27-49(43)56-51(41)45/h1-32H. The molecule has 0 unspecified atom stereocenters. The van der Waals surface area contributed by atoms with Gasteiger partial charge >= 0.3 is 0 Å². The molecule has 11 aromatic rings. The van der Waals surface area contributed by atoms with Crippen LogP contribution in [0.3, 0.4) is 0 Å². The lowest BCUT2D eigenvalue weighted by molar-refractivity contribution is 0.670. The third kappa shape index (κ3) is 5.58. The molecule has 0 N–H and O–H groups in total. The maximum Gasteiger partial charge on any atom is 0.160 e. The number of hydrogen-bond acceptors (Lipinski definition) is 4. The van der Waals surface area contributed by atoms with E-state index in [0.717, 1.165) is 72.3 Å². The van der Waals surface area contributed by atoms with Crippen molar-refractivity contribution in [2.75, 3.05) is 0 Å². The summed E-state index contributed by atoms with van der Waals surface area (Å²) in [6.45, 7) is 0. The van der Waals surface area contributed by atoms with Crippen LogP contribution < -0.4 is 0 Å². The molecule has 56 heavy (non-hydrogen) atoms. The first-order chi connectivity index (χ1) is 27.7. The van der Waals surface area contributed by atoms with E-state index in [9.17, 15) is 0 Å². The maximum atomic E-state index is 6.60. The fourth-order valence-corrected chi connectivity index (χ4v) is 9.22. The van der Waals surface area contributed by atoms with Crippen LogP contribution in [0, 0.1) is 0 Å². The highest BCUT2D eigenvalue weighted by Gasteiger charge is 2.18. The lowest BCUT2D eigenvalue weighted by Crippen LogP contribution is -1.96. The van der Waals surface area contributed by atoms with Crippen LogP contribution in [-0.2, 0) is 0 Å². The van der Waals surface area contributed by atoms with Gasteiger partial charge in [-0.05, 0) is 70.3 Å². The molecule has 4 heteroatoms. The quantitative estimate of drug-likeness (QED) is 0.171. The SMILES string of the molecule is c1ccc(-c2cc(-c3cc(-c4cccc(-c5cccc6c5sc5ccccc56)c4)cc(-c4cccc5c4oc4ccccc45)c3)nc(-c3ccccc3)n2)cc1. The molecular weight excluding hydrogens is 701 g/mol. The van der Waals surface area contributed by atoms with Gasteiger partial charge in [0, 0.05) is 53.2 Å². The number of para-hydroxylation sites is 2. The van der Waals surface area contributed by atoms with Gasteiger partial charge in [0.1, 0.15) is 11.2 Å². The molecule has 3 heterocycles. The molecule has 0 amide bonds. The van der Waals surface area contributed by atoms with Crippen molar-refractivity contribution in [2.45, 2.75) is 0 Å². The second-order valence-corrected chi connectivity index (χ2v) is 15.2. The summed E-state index contributed by atoms with van der Waals surface area (Å²) >= 11 is 1.86. The molecule has 0 aliphatic heterocycles. The van der Waals surface area contributed by atoms with Crippen LogP contribution in [0.1, 0.15) is 0 Å². The molecule has 8 aromatic carbocycles. The molecule has 262 valence electrons. The normalized spacial score (nSPS) is 11.6. The number of benzene rings is 8. The Morgan fingerprint density at radius 1 is 0.357 bits per heavy atom. The third-order valence-electron chi connectivity index (χ3n) is 10.7. The fourth-order valence-electron chi connectivity index (χ4n) is 7.98. The van der Waals surface area contributed by atoms with Gasteiger partial charge in [0.05, 0.1) is 11.4 Å². The summed E-state index contributed by atoms with van der Waals surface area (Å²) in [7, 11) is 0. The van der Waals surface area contributed by atoms with Gasteiger partial charge in [0.25, 0.3) is 0 Å². The third-order valence-corrected chi connectivity index (χ3v) is 11.9. The Labute approximate surface area is 327 Å². The number of furan rings is 1. The van der Waals surface area contributed by atoms with Crippen LogP contribution in [0.2, 0.25) is 0 Å². The molecule has 3 nitrogen and oxygen atoms in total. The van der Waals surface area contributed by atoms with Gasteiger partial charge in [-0.2, -0.15) is 0 Å². The first kappa shape index (κ1) is 32.3. The highest BCUT2D eigenvalue weighted by molar-refractivity contribution is 7.26. The van der Waals surface area contributed by atoms with E-state index in [1.807, 2.05) is 47.7 Å². The molecule has 0 aliphatic rings. The lowest BCUT2D eigenvalue weighted by Gasteiger charge is -2.14. The van der Waals surface area contributed by atoms with Crippen molar-refractivity contribution in [2.24, 2.45) is 0 Å². The van der Waals surface area contributed by atoms with E-state index in [2.05, 4.69) is 158 Å². The number of aromatic nitrogens is 2. The molecule has 0 saturated heterocycles. The van der Waals surface area contributed by atoms with Crippen molar-refractivity contribution in [1.29, 1.82) is 0 Å². The maximum absolute atomic E-state index is 6.60. The predicted molar refractivity (Wildman–Crippen MR) is 235 cm³/mol. The first-order valence-corrected chi connectivity index (χ1v) is 19.6. The molecule has 0 bridgehead atoms. The number of fused-ring (bicyclic) bond motifs is 6. The van der Waals surface area contributed by atoms with Crippen molar-refractivity contribution < 1.29 is 4.42 Å². The van der Waals surface area contributed by atoms with Crippen molar-refractivity contribution >= 4 is 53.4 Å². The molecular formula is C52H32N2OS. The van der Waals surface area contributed by atoms with Crippen LogP contribution in [0.25, 0.3) is 109 Å². The Balaban J connectivity index is 1.14. The van der Waals surface area contributed by atoms with Crippen LogP contribution in [0.4, 0.5) is 0 Å². The monoisotopic (exact) mass is 732 g/mol. The van der Waals surface area contributed by atoms with E-state index in [0.29, 0.717) is 5.82 Å². The van der Waals surface area contributed by atoms with Gasteiger partial charge in [0.15, 0.2) is 5.82 Å². The molecule has 0 saturated carbocycles. The molecule has 0 atom stereocenters. The average Bonchev–Trinajstić information content (AvgIpc) is 3.86. The molecule has 0 spiro atoms. The van der Waals surface area contributed by atoms with E-state index in [-0.39, 0.29) is 0 Å². The van der Waals surface area contributed by atoms with Crippen LogP contribution in [0.15, 0.2) is 199 Å². The number of thiophene rings is 1.